The third-order valence-corrected chi connectivity index (χ3v) is 6.55. The van der Waals surface area contributed by atoms with Crippen molar-refractivity contribution in [3.8, 4) is 11.5 Å². The zero-order valence-corrected chi connectivity index (χ0v) is 19.0. The maximum atomic E-state index is 13.0. The predicted octanol–water partition coefficient (Wildman–Crippen LogP) is 6.82. The molecule has 3 aromatic rings. The van der Waals surface area contributed by atoms with Crippen LogP contribution in [0.3, 0.4) is 0 Å². The van der Waals surface area contributed by atoms with Gasteiger partial charge in [-0.15, -0.1) is 0 Å². The standard InChI is InChI=1S/C26H25IO3/c27-25-24(29-17-20-8-3-1-4-9-20)15-14-22(23(28)16-19-12-7-13-19)26(25)30-18-21-10-5-2-6-11-21/h1-6,8-11,14-15,19H,7,12-13,16-18H2. The fraction of sp³-hybridized carbons (Fsp3) is 0.269. The molecule has 3 nitrogen and oxygen atoms in total. The number of benzene rings is 3. The van der Waals surface area contributed by atoms with Gasteiger partial charge in [-0.1, -0.05) is 79.9 Å². The van der Waals surface area contributed by atoms with E-state index in [-0.39, 0.29) is 5.78 Å². The van der Waals surface area contributed by atoms with E-state index < -0.39 is 0 Å². The van der Waals surface area contributed by atoms with E-state index in [1.54, 1.807) is 0 Å². The second-order valence-electron chi connectivity index (χ2n) is 7.73. The molecular formula is C26H25IO3. The first kappa shape index (κ1) is 20.9. The van der Waals surface area contributed by atoms with Crippen molar-refractivity contribution >= 4 is 28.4 Å². The SMILES string of the molecule is O=C(CC1CCC1)c1ccc(OCc2ccccc2)c(I)c1OCc1ccccc1. The molecule has 0 bridgehead atoms. The van der Waals surface area contributed by atoms with Crippen LogP contribution in [0.4, 0.5) is 0 Å². The summed E-state index contributed by atoms with van der Waals surface area (Å²) in [5.41, 5.74) is 2.83. The Labute approximate surface area is 191 Å². The third kappa shape index (κ3) is 5.22. The van der Waals surface area contributed by atoms with Crippen molar-refractivity contribution in [2.75, 3.05) is 0 Å². The Hall–Kier alpha value is -2.34. The lowest BCUT2D eigenvalue weighted by atomic mass is 9.81. The summed E-state index contributed by atoms with van der Waals surface area (Å²) in [6, 6.07) is 23.9. The highest BCUT2D eigenvalue weighted by atomic mass is 127. The lowest BCUT2D eigenvalue weighted by molar-refractivity contribution is 0.0931. The number of Topliss-reactive ketones (excluding diaryl/α,β-unsaturated/α-hetero) is 1. The van der Waals surface area contributed by atoms with Gasteiger partial charge in [0.05, 0.1) is 9.13 Å². The van der Waals surface area contributed by atoms with Crippen molar-refractivity contribution in [2.24, 2.45) is 5.92 Å². The number of carbonyl (C=O) groups is 1. The fourth-order valence-corrected chi connectivity index (χ4v) is 4.33. The highest BCUT2D eigenvalue weighted by molar-refractivity contribution is 14.1. The third-order valence-electron chi connectivity index (χ3n) is 5.52. The van der Waals surface area contributed by atoms with Gasteiger partial charge in [-0.25, -0.2) is 0 Å². The average molecular weight is 512 g/mol. The molecule has 0 aliphatic heterocycles. The molecule has 0 N–H and O–H groups in total. The lowest BCUT2D eigenvalue weighted by Crippen LogP contribution is -2.17. The molecule has 3 aromatic carbocycles. The first-order chi connectivity index (χ1) is 14.7. The second-order valence-corrected chi connectivity index (χ2v) is 8.81. The van der Waals surface area contributed by atoms with Crippen LogP contribution < -0.4 is 9.47 Å². The number of hydrogen-bond acceptors (Lipinski definition) is 3. The van der Waals surface area contributed by atoms with E-state index in [2.05, 4.69) is 22.6 Å². The number of rotatable bonds is 9. The molecule has 0 radical (unpaired) electrons. The van der Waals surface area contributed by atoms with Gasteiger partial charge in [-0.3, -0.25) is 4.79 Å². The van der Waals surface area contributed by atoms with E-state index in [0.29, 0.717) is 36.9 Å². The van der Waals surface area contributed by atoms with Gasteiger partial charge in [0.15, 0.2) is 5.78 Å². The number of halogens is 1. The molecule has 154 valence electrons. The van der Waals surface area contributed by atoms with E-state index >= 15 is 0 Å². The summed E-state index contributed by atoms with van der Waals surface area (Å²) in [6.45, 7) is 0.896. The van der Waals surface area contributed by atoms with Gasteiger partial charge < -0.3 is 9.47 Å². The number of hydrogen-bond donors (Lipinski definition) is 0. The van der Waals surface area contributed by atoms with Crippen LogP contribution in [0.5, 0.6) is 11.5 Å². The molecule has 0 atom stereocenters. The van der Waals surface area contributed by atoms with Crippen LogP contribution in [0, 0.1) is 9.49 Å². The molecule has 1 saturated carbocycles. The van der Waals surface area contributed by atoms with E-state index in [1.807, 2.05) is 72.8 Å². The molecule has 30 heavy (non-hydrogen) atoms. The maximum Gasteiger partial charge on any atom is 0.166 e. The van der Waals surface area contributed by atoms with Gasteiger partial charge in [-0.05, 0) is 51.8 Å². The Kier molecular flexibility index (Phi) is 7.05. The fourth-order valence-electron chi connectivity index (χ4n) is 3.54. The van der Waals surface area contributed by atoms with Gasteiger partial charge in [0.2, 0.25) is 0 Å². The molecule has 1 aliphatic rings. The second kappa shape index (κ2) is 10.1. The topological polar surface area (TPSA) is 35.5 Å². The smallest absolute Gasteiger partial charge is 0.166 e. The summed E-state index contributed by atoms with van der Waals surface area (Å²) in [5.74, 6) is 2.05. The van der Waals surface area contributed by atoms with Crippen LogP contribution in [-0.2, 0) is 13.2 Å². The minimum absolute atomic E-state index is 0.162. The van der Waals surface area contributed by atoms with Crippen molar-refractivity contribution < 1.29 is 14.3 Å². The molecule has 0 unspecified atom stereocenters. The van der Waals surface area contributed by atoms with E-state index in [0.717, 1.165) is 33.3 Å². The van der Waals surface area contributed by atoms with Crippen molar-refractivity contribution in [1.82, 2.24) is 0 Å². The largest absolute Gasteiger partial charge is 0.488 e. The normalized spacial score (nSPS) is 13.5. The molecule has 1 aliphatic carbocycles. The van der Waals surface area contributed by atoms with Crippen LogP contribution in [0.2, 0.25) is 0 Å². The lowest BCUT2D eigenvalue weighted by Gasteiger charge is -2.25. The summed E-state index contributed by atoms with van der Waals surface area (Å²) >= 11 is 2.24. The summed E-state index contributed by atoms with van der Waals surface area (Å²) in [7, 11) is 0. The Balaban J connectivity index is 1.56. The van der Waals surface area contributed by atoms with Gasteiger partial charge in [0.1, 0.15) is 24.7 Å². The Morgan fingerprint density at radius 3 is 2.00 bits per heavy atom. The average Bonchev–Trinajstić information content (AvgIpc) is 2.75. The molecule has 0 amide bonds. The summed E-state index contributed by atoms with van der Waals surface area (Å²) in [6.07, 6.45) is 4.14. The van der Waals surface area contributed by atoms with Crippen molar-refractivity contribution in [3.63, 3.8) is 0 Å². The number of ketones is 1. The zero-order valence-electron chi connectivity index (χ0n) is 16.9. The maximum absolute atomic E-state index is 13.0. The van der Waals surface area contributed by atoms with Crippen molar-refractivity contribution in [2.45, 2.75) is 38.9 Å². The van der Waals surface area contributed by atoms with Crippen LogP contribution in [-0.4, -0.2) is 5.78 Å². The number of ether oxygens (including phenoxy) is 2. The van der Waals surface area contributed by atoms with E-state index in [4.69, 9.17) is 9.47 Å². The zero-order chi connectivity index (χ0) is 20.8. The van der Waals surface area contributed by atoms with Crippen LogP contribution in [0.1, 0.15) is 47.2 Å². The minimum atomic E-state index is 0.162. The monoisotopic (exact) mass is 512 g/mol. The molecule has 0 heterocycles. The molecule has 0 saturated heterocycles. The van der Waals surface area contributed by atoms with Gasteiger partial charge >= 0.3 is 0 Å². The van der Waals surface area contributed by atoms with Crippen LogP contribution in [0.25, 0.3) is 0 Å². The van der Waals surface area contributed by atoms with Crippen molar-refractivity contribution in [3.05, 3.63) is 93.1 Å². The first-order valence-electron chi connectivity index (χ1n) is 10.4. The van der Waals surface area contributed by atoms with E-state index in [1.165, 1.54) is 6.42 Å². The quantitative estimate of drug-likeness (QED) is 0.233. The summed E-state index contributed by atoms with van der Waals surface area (Å²) < 4.78 is 13.1. The highest BCUT2D eigenvalue weighted by Gasteiger charge is 2.25. The van der Waals surface area contributed by atoms with Crippen molar-refractivity contribution in [1.29, 1.82) is 0 Å². The number of carbonyl (C=O) groups excluding carboxylic acids is 1. The molecule has 1 fully saturated rings. The van der Waals surface area contributed by atoms with Crippen LogP contribution >= 0.6 is 22.6 Å². The minimum Gasteiger partial charge on any atom is -0.488 e. The summed E-state index contributed by atoms with van der Waals surface area (Å²) in [4.78, 5) is 13.0. The summed E-state index contributed by atoms with van der Waals surface area (Å²) in [5, 5.41) is 0. The Morgan fingerprint density at radius 1 is 0.833 bits per heavy atom. The molecule has 0 spiro atoms. The van der Waals surface area contributed by atoms with Gasteiger partial charge in [0, 0.05) is 6.42 Å². The molecule has 0 aromatic heterocycles. The molecule has 4 rings (SSSR count). The van der Waals surface area contributed by atoms with Gasteiger partial charge in [-0.2, -0.15) is 0 Å². The Bertz CT molecular complexity index is 982. The predicted molar refractivity (Wildman–Crippen MR) is 127 cm³/mol. The van der Waals surface area contributed by atoms with Gasteiger partial charge in [0.25, 0.3) is 0 Å². The molecule has 4 heteroatoms. The molecular weight excluding hydrogens is 487 g/mol. The first-order valence-corrected chi connectivity index (χ1v) is 11.5. The highest BCUT2D eigenvalue weighted by Crippen LogP contribution is 2.37. The Morgan fingerprint density at radius 2 is 1.43 bits per heavy atom. The van der Waals surface area contributed by atoms with E-state index in [9.17, 15) is 4.79 Å². The van der Waals surface area contributed by atoms with Crippen LogP contribution in [0.15, 0.2) is 72.8 Å².